The molecule has 7 nitrogen and oxygen atoms in total. The quantitative estimate of drug-likeness (QED) is 0.598. The lowest BCUT2D eigenvalue weighted by molar-refractivity contribution is -0.120. The topological polar surface area (TPSA) is 111 Å². The minimum Gasteiger partial charge on any atom is -0.371 e. The van der Waals surface area contributed by atoms with Gasteiger partial charge in [-0.2, -0.15) is 0 Å². The highest BCUT2D eigenvalue weighted by molar-refractivity contribution is 7.89. The Balaban J connectivity index is 0.00000264. The molecule has 4 N–H and O–H groups in total. The van der Waals surface area contributed by atoms with Crippen LogP contribution in [0.25, 0.3) is 0 Å². The lowest BCUT2D eigenvalue weighted by atomic mass is 10.3. The van der Waals surface area contributed by atoms with Crippen LogP contribution in [0.1, 0.15) is 12.8 Å². The van der Waals surface area contributed by atoms with Crippen LogP contribution in [0.2, 0.25) is 0 Å². The summed E-state index contributed by atoms with van der Waals surface area (Å²) in [6.07, 6.45) is 2.33. The van der Waals surface area contributed by atoms with Crippen LogP contribution in [0, 0.1) is 5.92 Å². The Bertz CT molecular complexity index is 620. The molecule has 1 aliphatic carbocycles. The van der Waals surface area contributed by atoms with Gasteiger partial charge in [-0.1, -0.05) is 6.07 Å². The zero-order valence-electron chi connectivity index (χ0n) is 12.7. The van der Waals surface area contributed by atoms with E-state index in [-0.39, 0.29) is 42.9 Å². The number of hydrogen-bond donors (Lipinski definition) is 3. The molecule has 0 aliphatic heterocycles. The number of nitrogens with two attached hydrogens (primary N) is 1. The molecule has 1 amide bonds. The first-order valence-electron chi connectivity index (χ1n) is 7.18. The monoisotopic (exact) mass is 363 g/mol. The summed E-state index contributed by atoms with van der Waals surface area (Å²) < 4.78 is 31.6. The van der Waals surface area contributed by atoms with Crippen molar-refractivity contribution >= 4 is 34.0 Å². The maximum absolute atomic E-state index is 12.0. The molecular weight excluding hydrogens is 342 g/mol. The van der Waals surface area contributed by atoms with Gasteiger partial charge < -0.3 is 15.8 Å². The first-order valence-corrected chi connectivity index (χ1v) is 8.67. The molecule has 0 spiro atoms. The molecular formula is C14H22ClN3O4S. The third kappa shape index (κ3) is 6.84. The molecule has 1 aromatic rings. The molecule has 2 rings (SSSR count). The maximum atomic E-state index is 12.0. The molecule has 0 radical (unpaired) electrons. The Morgan fingerprint density at radius 3 is 2.74 bits per heavy atom. The number of rotatable bonds is 9. The molecule has 0 saturated heterocycles. The number of carbonyl (C=O) groups is 1. The third-order valence-electron chi connectivity index (χ3n) is 3.15. The molecule has 0 heterocycles. The van der Waals surface area contributed by atoms with E-state index in [2.05, 4.69) is 10.0 Å². The smallest absolute Gasteiger partial charge is 0.250 e. The molecule has 1 fully saturated rings. The highest BCUT2D eigenvalue weighted by Gasteiger charge is 2.21. The second-order valence-corrected chi connectivity index (χ2v) is 6.99. The van der Waals surface area contributed by atoms with Gasteiger partial charge in [-0.25, -0.2) is 13.1 Å². The molecule has 1 saturated carbocycles. The number of amides is 1. The minimum atomic E-state index is -3.61. The van der Waals surface area contributed by atoms with Crippen molar-refractivity contribution in [2.24, 2.45) is 11.7 Å². The van der Waals surface area contributed by atoms with Gasteiger partial charge in [-0.15, -0.1) is 12.4 Å². The van der Waals surface area contributed by atoms with E-state index in [1.165, 1.54) is 12.1 Å². The Labute approximate surface area is 142 Å². The second-order valence-electron chi connectivity index (χ2n) is 5.22. The average molecular weight is 364 g/mol. The van der Waals surface area contributed by atoms with Crippen LogP contribution in [-0.2, 0) is 19.6 Å². The van der Waals surface area contributed by atoms with Crippen molar-refractivity contribution < 1.29 is 17.9 Å². The van der Waals surface area contributed by atoms with E-state index in [4.69, 9.17) is 10.5 Å². The lowest BCUT2D eigenvalue weighted by Gasteiger charge is -2.09. The summed E-state index contributed by atoms with van der Waals surface area (Å²) in [7, 11) is -3.61. The Morgan fingerprint density at radius 1 is 1.35 bits per heavy atom. The van der Waals surface area contributed by atoms with Crippen LogP contribution in [0.5, 0.6) is 0 Å². The zero-order chi connectivity index (χ0) is 16.0. The van der Waals surface area contributed by atoms with E-state index in [1.54, 1.807) is 12.1 Å². The molecule has 0 unspecified atom stereocenters. The molecule has 0 bridgehead atoms. The fraction of sp³-hybridized carbons (Fsp3) is 0.500. The third-order valence-corrected chi connectivity index (χ3v) is 4.61. The van der Waals surface area contributed by atoms with Crippen molar-refractivity contribution in [3.8, 4) is 0 Å². The van der Waals surface area contributed by atoms with Gasteiger partial charge in [-0.3, -0.25) is 4.79 Å². The SMILES string of the molecule is Cl.NCCNS(=O)(=O)c1cccc(NC(=O)COCC2CC2)c1. The van der Waals surface area contributed by atoms with Crippen LogP contribution >= 0.6 is 12.4 Å². The summed E-state index contributed by atoms with van der Waals surface area (Å²) in [6.45, 7) is 0.950. The summed E-state index contributed by atoms with van der Waals surface area (Å²) in [5.41, 5.74) is 5.70. The highest BCUT2D eigenvalue weighted by Crippen LogP contribution is 2.28. The second kappa shape index (κ2) is 9.19. The Hall–Kier alpha value is -1.19. The summed E-state index contributed by atoms with van der Waals surface area (Å²) in [5, 5.41) is 2.62. The van der Waals surface area contributed by atoms with E-state index in [1.807, 2.05) is 0 Å². The van der Waals surface area contributed by atoms with Crippen molar-refractivity contribution in [3.63, 3.8) is 0 Å². The number of benzene rings is 1. The van der Waals surface area contributed by atoms with E-state index in [0.717, 1.165) is 12.8 Å². The van der Waals surface area contributed by atoms with Crippen LogP contribution in [0.4, 0.5) is 5.69 Å². The Morgan fingerprint density at radius 2 is 2.09 bits per heavy atom. The van der Waals surface area contributed by atoms with Gasteiger partial charge in [-0.05, 0) is 37.0 Å². The summed E-state index contributed by atoms with van der Waals surface area (Å²) in [4.78, 5) is 11.8. The minimum absolute atomic E-state index is 0. The molecule has 23 heavy (non-hydrogen) atoms. The normalized spacial score (nSPS) is 14.1. The van der Waals surface area contributed by atoms with Gasteiger partial charge in [0.2, 0.25) is 15.9 Å². The largest absolute Gasteiger partial charge is 0.371 e. The number of sulfonamides is 1. The lowest BCUT2D eigenvalue weighted by Crippen LogP contribution is -2.29. The summed E-state index contributed by atoms with van der Waals surface area (Å²) >= 11 is 0. The molecule has 1 aliphatic rings. The first kappa shape index (κ1) is 19.9. The number of anilines is 1. The molecule has 1 aromatic carbocycles. The van der Waals surface area contributed by atoms with Crippen LogP contribution < -0.4 is 15.8 Å². The maximum Gasteiger partial charge on any atom is 0.250 e. The van der Waals surface area contributed by atoms with Gasteiger partial charge in [0.15, 0.2) is 0 Å². The van der Waals surface area contributed by atoms with Crippen LogP contribution in [-0.4, -0.2) is 40.6 Å². The molecule has 9 heteroatoms. The Kier molecular flexibility index (Phi) is 7.93. The molecule has 130 valence electrons. The molecule has 0 atom stereocenters. The highest BCUT2D eigenvalue weighted by atomic mass is 35.5. The summed E-state index contributed by atoms with van der Waals surface area (Å²) in [5.74, 6) is 0.292. The number of carbonyl (C=O) groups excluding carboxylic acids is 1. The first-order chi connectivity index (χ1) is 10.5. The predicted molar refractivity (Wildman–Crippen MR) is 90.1 cm³/mol. The summed E-state index contributed by atoms with van der Waals surface area (Å²) in [6, 6.07) is 6.05. The van der Waals surface area contributed by atoms with E-state index in [9.17, 15) is 13.2 Å². The number of halogens is 1. The number of hydrogen-bond acceptors (Lipinski definition) is 5. The van der Waals surface area contributed by atoms with Gasteiger partial charge in [0.25, 0.3) is 0 Å². The van der Waals surface area contributed by atoms with Crippen molar-refractivity contribution in [2.75, 3.05) is 31.6 Å². The van der Waals surface area contributed by atoms with E-state index >= 15 is 0 Å². The van der Waals surface area contributed by atoms with E-state index in [0.29, 0.717) is 18.2 Å². The van der Waals surface area contributed by atoms with Crippen molar-refractivity contribution in [1.29, 1.82) is 0 Å². The van der Waals surface area contributed by atoms with Gasteiger partial charge in [0.1, 0.15) is 6.61 Å². The van der Waals surface area contributed by atoms with Crippen molar-refractivity contribution in [2.45, 2.75) is 17.7 Å². The van der Waals surface area contributed by atoms with Crippen LogP contribution in [0.3, 0.4) is 0 Å². The van der Waals surface area contributed by atoms with Crippen molar-refractivity contribution in [3.05, 3.63) is 24.3 Å². The van der Waals surface area contributed by atoms with Gasteiger partial charge >= 0.3 is 0 Å². The number of nitrogens with one attached hydrogen (secondary N) is 2. The number of ether oxygens (including phenoxy) is 1. The molecule has 0 aromatic heterocycles. The van der Waals surface area contributed by atoms with Gasteiger partial charge in [0, 0.05) is 18.8 Å². The predicted octanol–water partition coefficient (Wildman–Crippen LogP) is 0.710. The standard InChI is InChI=1S/C14H21N3O4S.ClH/c15-6-7-16-22(19,20)13-3-1-2-12(8-13)17-14(18)10-21-9-11-4-5-11;/h1-3,8,11,16H,4-7,9-10,15H2,(H,17,18);1H. The zero-order valence-corrected chi connectivity index (χ0v) is 14.3. The van der Waals surface area contributed by atoms with Gasteiger partial charge in [0.05, 0.1) is 11.5 Å². The van der Waals surface area contributed by atoms with Crippen molar-refractivity contribution in [1.82, 2.24) is 4.72 Å². The van der Waals surface area contributed by atoms with Crippen LogP contribution in [0.15, 0.2) is 29.2 Å². The van der Waals surface area contributed by atoms with E-state index < -0.39 is 10.0 Å². The fourth-order valence-corrected chi connectivity index (χ4v) is 2.91. The fourth-order valence-electron chi connectivity index (χ4n) is 1.82. The average Bonchev–Trinajstić information content (AvgIpc) is 3.30.